The van der Waals surface area contributed by atoms with E-state index in [1.165, 1.54) is 34.7 Å². The van der Waals surface area contributed by atoms with E-state index in [0.717, 1.165) is 48.3 Å². The van der Waals surface area contributed by atoms with Gasteiger partial charge in [-0.15, -0.1) is 0 Å². The average Bonchev–Trinajstić information content (AvgIpc) is 3.59. The van der Waals surface area contributed by atoms with E-state index < -0.39 is 27.9 Å². The van der Waals surface area contributed by atoms with Gasteiger partial charge in [0.05, 0.1) is 16.9 Å². The van der Waals surface area contributed by atoms with E-state index in [-0.39, 0.29) is 35.1 Å². The smallest absolute Gasteiger partial charge is 0.407 e. The normalized spacial score (nSPS) is 16.3. The molecule has 2 heterocycles. The van der Waals surface area contributed by atoms with E-state index in [0.29, 0.717) is 45.2 Å². The largest absolute Gasteiger partial charge is 0.744 e. The number of fused-ring (bicyclic) bond motifs is 2. The lowest BCUT2D eigenvalue weighted by Crippen LogP contribution is -2.28. The number of aryl methyl sites for hydroxylation is 1. The molecule has 0 aromatic heterocycles. The third kappa shape index (κ3) is 12.7. The molecule has 15 heteroatoms. The van der Waals surface area contributed by atoms with Crippen molar-refractivity contribution >= 4 is 39.1 Å². The monoisotopic (exact) mass is 894 g/mol. The maximum absolute atomic E-state index is 12.8. The lowest BCUT2D eigenvalue weighted by molar-refractivity contribution is -0.438. The summed E-state index contributed by atoms with van der Waals surface area (Å²) in [5, 5.41) is 15.7. The molecule has 1 atom stereocenters. The molecule has 14 nitrogen and oxygen atoms in total. The number of aromatic hydroxyl groups is 1. The minimum Gasteiger partial charge on any atom is -0.744 e. The highest BCUT2D eigenvalue weighted by Gasteiger charge is 2.44. The first kappa shape index (κ1) is 49.3. The molecule has 0 bridgehead atoms. The lowest BCUT2D eigenvalue weighted by Gasteiger charge is -2.25. The highest BCUT2D eigenvalue weighted by Crippen LogP contribution is 2.48. The molecule has 3 aromatic rings. The second-order valence-corrected chi connectivity index (χ2v) is 18.6. The minimum absolute atomic E-state index is 0.0220. The fourth-order valence-corrected chi connectivity index (χ4v) is 8.98. The van der Waals surface area contributed by atoms with E-state index in [1.807, 2.05) is 32.9 Å². The summed E-state index contributed by atoms with van der Waals surface area (Å²) in [4.78, 5) is 29.6. The number of hydrogen-bond acceptors (Lipinski definition) is 10. The van der Waals surface area contributed by atoms with Crippen LogP contribution in [-0.2, 0) is 41.6 Å². The number of allylic oxidation sites excluding steroid dienone is 6. The highest BCUT2D eigenvalue weighted by atomic mass is 32.2. The molecule has 64 heavy (non-hydrogen) atoms. The van der Waals surface area contributed by atoms with Gasteiger partial charge in [-0.2, -0.15) is 4.58 Å². The van der Waals surface area contributed by atoms with Crippen LogP contribution in [0.1, 0.15) is 102 Å². The molecule has 1 amide bonds. The van der Waals surface area contributed by atoms with Crippen LogP contribution < -0.4 is 10.2 Å². The molecule has 0 fully saturated rings. The van der Waals surface area contributed by atoms with Gasteiger partial charge in [0.15, 0.2) is 5.71 Å². The van der Waals surface area contributed by atoms with Gasteiger partial charge in [0.1, 0.15) is 41.0 Å². The Hall–Kier alpha value is -5.73. The summed E-state index contributed by atoms with van der Waals surface area (Å²) in [6.45, 7) is 14.6. The molecular weight excluding hydrogens is 833 g/mol. The number of ketones is 1. The summed E-state index contributed by atoms with van der Waals surface area (Å²) >= 11 is 0. The third-order valence-electron chi connectivity index (χ3n) is 11.9. The number of nitrogens with zero attached hydrogens (tertiary/aromatic N) is 5. The van der Waals surface area contributed by atoms with Gasteiger partial charge in [0.25, 0.3) is 0 Å². The Morgan fingerprint density at radius 2 is 1.70 bits per heavy atom. The van der Waals surface area contributed by atoms with Crippen molar-refractivity contribution in [1.82, 2.24) is 5.32 Å². The average molecular weight is 895 g/mol. The zero-order valence-corrected chi connectivity index (χ0v) is 38.7. The highest BCUT2D eigenvalue weighted by molar-refractivity contribution is 7.85. The summed E-state index contributed by atoms with van der Waals surface area (Å²) in [7, 11) is -4.58. The number of rotatable bonds is 23. The van der Waals surface area contributed by atoms with Crippen molar-refractivity contribution in [3.8, 4) is 5.75 Å². The van der Waals surface area contributed by atoms with Gasteiger partial charge in [-0.05, 0) is 119 Å². The standard InChI is InChI=1S/C49H62N6O8S/c1-7-54-42-27-25-39(64(59,60)61)34-41(42)49(5,6)44(54)17-11-8-12-18-45-48(3,4)40-33-35(2)20-26-43(40)55(45)30-13-9-10-15-37(56)16-14-19-46(52-53-50)62-31-32-63-47(58)51-29-28-36-21-23-38(57)24-22-36/h8,11-12,17-18,20-27,33-34,46H,7,9-10,13-16,19,28-32H2,1-6H3,(H2-,51,57,58,59,60,61). The Labute approximate surface area is 377 Å². The van der Waals surface area contributed by atoms with E-state index in [4.69, 9.17) is 15.0 Å². The molecule has 2 N–H and O–H groups in total. The van der Waals surface area contributed by atoms with Crippen molar-refractivity contribution in [2.45, 2.75) is 115 Å². The summed E-state index contributed by atoms with van der Waals surface area (Å²) in [6.07, 6.45) is 13.8. The van der Waals surface area contributed by atoms with Crippen LogP contribution in [0.5, 0.6) is 5.75 Å². The molecule has 5 rings (SSSR count). The third-order valence-corrected chi connectivity index (χ3v) is 12.7. The van der Waals surface area contributed by atoms with Crippen molar-refractivity contribution in [1.29, 1.82) is 0 Å². The number of azide groups is 1. The number of anilines is 1. The number of amides is 1. The summed E-state index contributed by atoms with van der Waals surface area (Å²) < 4.78 is 48.5. The Balaban J connectivity index is 1.09. The van der Waals surface area contributed by atoms with Crippen molar-refractivity contribution in [2.75, 3.05) is 37.7 Å². The van der Waals surface area contributed by atoms with Crippen molar-refractivity contribution in [3.05, 3.63) is 129 Å². The van der Waals surface area contributed by atoms with Crippen LogP contribution in [0.2, 0.25) is 0 Å². The quantitative estimate of drug-likeness (QED) is 0.0177. The first-order valence-electron chi connectivity index (χ1n) is 22.0. The molecule has 1 unspecified atom stereocenters. The fourth-order valence-electron chi connectivity index (χ4n) is 8.48. The van der Waals surface area contributed by atoms with E-state index in [2.05, 4.69) is 82.0 Å². The van der Waals surface area contributed by atoms with Gasteiger partial charge >= 0.3 is 6.09 Å². The Morgan fingerprint density at radius 3 is 2.42 bits per heavy atom. The van der Waals surface area contributed by atoms with Gasteiger partial charge < -0.3 is 29.3 Å². The number of phenolic OH excluding ortho intramolecular Hbond substituents is 1. The van der Waals surface area contributed by atoms with Crippen LogP contribution in [-0.4, -0.2) is 79.3 Å². The SMILES string of the molecule is CCN1C(=CC=CC=CC2=[N+](CCCCCC(=O)CCCC(N=[N+]=[N-])OCCOC(=O)NCCc3ccc(O)cc3)c3ccc(C)cc3C2(C)C)C(C)(C)c2cc(S(=O)(=O)[O-])ccc21. The second kappa shape index (κ2) is 22.3. The molecule has 2 aliphatic heterocycles. The predicted molar refractivity (Wildman–Crippen MR) is 248 cm³/mol. The maximum atomic E-state index is 12.8. The number of Topliss-reactive ketones (excluding diaryl/α,β-unsaturated/α-hetero) is 1. The minimum atomic E-state index is -4.58. The molecule has 2 aliphatic rings. The Kier molecular flexibility index (Phi) is 17.1. The number of carbonyl (C=O) groups excluding carboxylic acids is 2. The Morgan fingerprint density at radius 1 is 0.953 bits per heavy atom. The van der Waals surface area contributed by atoms with Gasteiger partial charge in [-0.25, -0.2) is 13.2 Å². The van der Waals surface area contributed by atoms with Crippen molar-refractivity contribution < 1.29 is 41.7 Å². The second-order valence-electron chi connectivity index (χ2n) is 17.2. The Bertz CT molecular complexity index is 2430. The molecule has 0 radical (unpaired) electrons. The lowest BCUT2D eigenvalue weighted by atomic mass is 9.81. The first-order valence-corrected chi connectivity index (χ1v) is 23.4. The van der Waals surface area contributed by atoms with Gasteiger partial charge in [0.2, 0.25) is 5.69 Å². The van der Waals surface area contributed by atoms with E-state index in [9.17, 15) is 27.7 Å². The summed E-state index contributed by atoms with van der Waals surface area (Å²) in [6, 6.07) is 17.9. The first-order chi connectivity index (χ1) is 30.5. The number of hydrogen-bond donors (Lipinski definition) is 2. The molecule has 0 saturated heterocycles. The number of alkyl carbamates (subject to hydrolysis) is 1. The topological polar surface area (TPSA) is 197 Å². The number of unbranched alkanes of at least 4 members (excludes halogenated alkanes) is 2. The van der Waals surface area contributed by atoms with Crippen LogP contribution in [0.15, 0.2) is 107 Å². The van der Waals surface area contributed by atoms with Crippen molar-refractivity contribution in [3.63, 3.8) is 0 Å². The maximum Gasteiger partial charge on any atom is 0.407 e. The zero-order valence-electron chi connectivity index (χ0n) is 37.9. The van der Waals surface area contributed by atoms with Crippen LogP contribution >= 0.6 is 0 Å². The van der Waals surface area contributed by atoms with Gasteiger partial charge in [0, 0.05) is 71.8 Å². The van der Waals surface area contributed by atoms with Crippen LogP contribution in [0.25, 0.3) is 10.4 Å². The summed E-state index contributed by atoms with van der Waals surface area (Å²) in [5.41, 5.74) is 16.8. The van der Waals surface area contributed by atoms with Gasteiger partial charge in [-0.3, -0.25) is 4.79 Å². The van der Waals surface area contributed by atoms with Gasteiger partial charge in [-0.1, -0.05) is 61.0 Å². The number of carbonyl (C=O) groups is 2. The predicted octanol–water partition coefficient (Wildman–Crippen LogP) is 9.72. The number of ether oxygens (including phenoxy) is 2. The van der Waals surface area contributed by atoms with E-state index in [1.54, 1.807) is 30.3 Å². The van der Waals surface area contributed by atoms with Crippen LogP contribution in [0.3, 0.4) is 0 Å². The number of likely N-dealkylation sites (N-methyl/N-ethyl adjacent to an activating group) is 1. The molecule has 342 valence electrons. The zero-order chi connectivity index (χ0) is 46.5. The number of nitrogens with one attached hydrogen (secondary N) is 1. The number of phenols is 1. The molecule has 3 aromatic carbocycles. The van der Waals surface area contributed by atoms with Crippen LogP contribution in [0.4, 0.5) is 16.2 Å². The molecule has 0 aliphatic carbocycles. The number of benzene rings is 3. The van der Waals surface area contributed by atoms with Crippen LogP contribution in [0, 0.1) is 6.92 Å². The fraction of sp³-hybridized carbons (Fsp3) is 0.449. The molecule has 0 saturated carbocycles. The van der Waals surface area contributed by atoms with Crippen molar-refractivity contribution in [2.24, 2.45) is 5.11 Å². The van der Waals surface area contributed by atoms with E-state index >= 15 is 0 Å². The molecular formula is C49H62N6O8S. The molecule has 0 spiro atoms. The summed E-state index contributed by atoms with van der Waals surface area (Å²) in [5.74, 6) is 0.332.